The van der Waals surface area contributed by atoms with Gasteiger partial charge in [0, 0.05) is 7.11 Å². The SMILES string of the molecule is CCOC(=O)COC1CCCC(OC)C1. The summed E-state index contributed by atoms with van der Waals surface area (Å²) in [6.45, 7) is 2.27. The molecule has 1 fully saturated rings. The zero-order valence-electron chi connectivity index (χ0n) is 9.53. The van der Waals surface area contributed by atoms with Crippen LogP contribution < -0.4 is 0 Å². The van der Waals surface area contributed by atoms with E-state index in [-0.39, 0.29) is 24.8 Å². The molecular formula is C11H20O4. The highest BCUT2D eigenvalue weighted by Gasteiger charge is 2.22. The molecule has 1 saturated carbocycles. The summed E-state index contributed by atoms with van der Waals surface area (Å²) in [6, 6.07) is 0. The van der Waals surface area contributed by atoms with Gasteiger partial charge in [0.15, 0.2) is 0 Å². The molecule has 2 unspecified atom stereocenters. The maximum absolute atomic E-state index is 11.1. The van der Waals surface area contributed by atoms with E-state index in [0.29, 0.717) is 6.61 Å². The van der Waals surface area contributed by atoms with Crippen molar-refractivity contribution in [3.05, 3.63) is 0 Å². The quantitative estimate of drug-likeness (QED) is 0.654. The van der Waals surface area contributed by atoms with Crippen LogP contribution in [0.5, 0.6) is 0 Å². The molecule has 4 heteroatoms. The second kappa shape index (κ2) is 6.80. The minimum atomic E-state index is -0.281. The molecule has 0 radical (unpaired) electrons. The summed E-state index contributed by atoms with van der Waals surface area (Å²) >= 11 is 0. The highest BCUT2D eigenvalue weighted by Crippen LogP contribution is 2.22. The lowest BCUT2D eigenvalue weighted by atomic mass is 9.95. The van der Waals surface area contributed by atoms with Crippen LogP contribution in [0.1, 0.15) is 32.6 Å². The average Bonchev–Trinajstić information content (AvgIpc) is 2.27. The Hall–Kier alpha value is -0.610. The number of methoxy groups -OCH3 is 1. The van der Waals surface area contributed by atoms with E-state index >= 15 is 0 Å². The first-order valence-electron chi connectivity index (χ1n) is 5.56. The molecule has 0 aliphatic heterocycles. The van der Waals surface area contributed by atoms with E-state index in [1.165, 1.54) is 0 Å². The number of ether oxygens (including phenoxy) is 3. The van der Waals surface area contributed by atoms with Crippen molar-refractivity contribution in [1.29, 1.82) is 0 Å². The molecule has 0 heterocycles. The fourth-order valence-corrected chi connectivity index (χ4v) is 1.86. The van der Waals surface area contributed by atoms with Crippen LogP contribution in [0.15, 0.2) is 0 Å². The maximum Gasteiger partial charge on any atom is 0.332 e. The molecule has 1 rings (SSSR count). The second-order valence-electron chi connectivity index (χ2n) is 3.76. The third kappa shape index (κ3) is 4.62. The van der Waals surface area contributed by atoms with Crippen molar-refractivity contribution in [3.63, 3.8) is 0 Å². The number of hydrogen-bond donors (Lipinski definition) is 0. The van der Waals surface area contributed by atoms with Gasteiger partial charge in [0.05, 0.1) is 18.8 Å². The topological polar surface area (TPSA) is 44.8 Å². The van der Waals surface area contributed by atoms with E-state index in [9.17, 15) is 4.79 Å². The molecule has 0 bridgehead atoms. The first-order chi connectivity index (χ1) is 7.26. The molecule has 0 aromatic rings. The van der Waals surface area contributed by atoms with Crippen LogP contribution >= 0.6 is 0 Å². The Morgan fingerprint density at radius 1 is 1.33 bits per heavy atom. The number of hydrogen-bond acceptors (Lipinski definition) is 4. The van der Waals surface area contributed by atoms with Crippen molar-refractivity contribution in [2.75, 3.05) is 20.3 Å². The van der Waals surface area contributed by atoms with Crippen LogP contribution in [0.25, 0.3) is 0 Å². The Labute approximate surface area is 90.9 Å². The largest absolute Gasteiger partial charge is 0.464 e. The van der Waals surface area contributed by atoms with Crippen LogP contribution in [-0.4, -0.2) is 38.5 Å². The number of rotatable bonds is 5. The van der Waals surface area contributed by atoms with Crippen molar-refractivity contribution in [2.45, 2.75) is 44.8 Å². The molecule has 15 heavy (non-hydrogen) atoms. The van der Waals surface area contributed by atoms with Gasteiger partial charge >= 0.3 is 5.97 Å². The molecule has 4 nitrogen and oxygen atoms in total. The summed E-state index contributed by atoms with van der Waals surface area (Å²) < 4.78 is 15.5. The van der Waals surface area contributed by atoms with Crippen LogP contribution in [0.2, 0.25) is 0 Å². The zero-order chi connectivity index (χ0) is 11.1. The van der Waals surface area contributed by atoms with Gasteiger partial charge in [0.2, 0.25) is 0 Å². The van der Waals surface area contributed by atoms with Crippen LogP contribution in [0.3, 0.4) is 0 Å². The molecule has 0 spiro atoms. The van der Waals surface area contributed by atoms with E-state index in [4.69, 9.17) is 14.2 Å². The summed E-state index contributed by atoms with van der Waals surface area (Å²) in [5.74, 6) is -0.281. The predicted octanol–water partition coefficient (Wildman–Crippen LogP) is 1.52. The van der Waals surface area contributed by atoms with Gasteiger partial charge in [-0.25, -0.2) is 4.79 Å². The molecular weight excluding hydrogens is 196 g/mol. The summed E-state index contributed by atoms with van der Waals surface area (Å²) in [7, 11) is 1.72. The lowest BCUT2D eigenvalue weighted by Crippen LogP contribution is -2.29. The Balaban J connectivity index is 2.17. The Morgan fingerprint density at radius 2 is 2.07 bits per heavy atom. The van der Waals surface area contributed by atoms with Gasteiger partial charge in [0.25, 0.3) is 0 Å². The molecule has 2 atom stereocenters. The van der Waals surface area contributed by atoms with Gasteiger partial charge in [-0.05, 0) is 32.6 Å². The van der Waals surface area contributed by atoms with Crippen molar-refractivity contribution >= 4 is 5.97 Å². The van der Waals surface area contributed by atoms with Gasteiger partial charge in [-0.15, -0.1) is 0 Å². The van der Waals surface area contributed by atoms with E-state index in [1.54, 1.807) is 14.0 Å². The van der Waals surface area contributed by atoms with Crippen molar-refractivity contribution < 1.29 is 19.0 Å². The van der Waals surface area contributed by atoms with Gasteiger partial charge in [-0.1, -0.05) is 0 Å². The first kappa shape index (κ1) is 12.5. The predicted molar refractivity (Wildman–Crippen MR) is 55.6 cm³/mol. The fraction of sp³-hybridized carbons (Fsp3) is 0.909. The van der Waals surface area contributed by atoms with E-state index in [0.717, 1.165) is 25.7 Å². The molecule has 0 amide bonds. The van der Waals surface area contributed by atoms with E-state index < -0.39 is 0 Å². The third-order valence-electron chi connectivity index (χ3n) is 2.65. The van der Waals surface area contributed by atoms with Crippen LogP contribution in [0, 0.1) is 0 Å². The Bertz CT molecular complexity index is 193. The van der Waals surface area contributed by atoms with Crippen molar-refractivity contribution in [2.24, 2.45) is 0 Å². The maximum atomic E-state index is 11.1. The van der Waals surface area contributed by atoms with Crippen molar-refractivity contribution in [1.82, 2.24) is 0 Å². The van der Waals surface area contributed by atoms with Gasteiger partial charge in [-0.2, -0.15) is 0 Å². The summed E-state index contributed by atoms with van der Waals surface area (Å²) in [4.78, 5) is 11.1. The normalized spacial score (nSPS) is 26.3. The van der Waals surface area contributed by atoms with E-state index in [1.807, 2.05) is 0 Å². The lowest BCUT2D eigenvalue weighted by molar-refractivity contribution is -0.152. The number of carbonyl (C=O) groups excluding carboxylic acids is 1. The fourth-order valence-electron chi connectivity index (χ4n) is 1.86. The van der Waals surface area contributed by atoms with Crippen LogP contribution in [0.4, 0.5) is 0 Å². The van der Waals surface area contributed by atoms with Crippen molar-refractivity contribution in [3.8, 4) is 0 Å². The standard InChI is InChI=1S/C11H20O4/c1-3-14-11(12)8-15-10-6-4-5-9(7-10)13-2/h9-10H,3-8H2,1-2H3. The number of carbonyl (C=O) groups is 1. The van der Waals surface area contributed by atoms with Gasteiger partial charge in [0.1, 0.15) is 6.61 Å². The lowest BCUT2D eigenvalue weighted by Gasteiger charge is -2.27. The summed E-state index contributed by atoms with van der Waals surface area (Å²) in [5, 5.41) is 0. The van der Waals surface area contributed by atoms with E-state index in [2.05, 4.69) is 0 Å². The molecule has 0 aromatic heterocycles. The second-order valence-corrected chi connectivity index (χ2v) is 3.76. The minimum absolute atomic E-state index is 0.0644. The monoisotopic (exact) mass is 216 g/mol. The Kier molecular flexibility index (Phi) is 5.65. The molecule has 1 aliphatic carbocycles. The molecule has 0 N–H and O–H groups in total. The molecule has 0 saturated heterocycles. The highest BCUT2D eigenvalue weighted by molar-refractivity contribution is 5.70. The smallest absolute Gasteiger partial charge is 0.332 e. The summed E-state index contributed by atoms with van der Waals surface area (Å²) in [5.41, 5.74) is 0. The average molecular weight is 216 g/mol. The van der Waals surface area contributed by atoms with Gasteiger partial charge in [-0.3, -0.25) is 0 Å². The molecule has 1 aliphatic rings. The zero-order valence-corrected chi connectivity index (χ0v) is 9.53. The number of esters is 1. The van der Waals surface area contributed by atoms with Gasteiger partial charge < -0.3 is 14.2 Å². The third-order valence-corrected chi connectivity index (χ3v) is 2.65. The summed E-state index contributed by atoms with van der Waals surface area (Å²) in [6.07, 6.45) is 4.52. The molecule has 88 valence electrons. The van der Waals surface area contributed by atoms with Crippen LogP contribution in [-0.2, 0) is 19.0 Å². The molecule has 0 aromatic carbocycles. The minimum Gasteiger partial charge on any atom is -0.464 e. The Morgan fingerprint density at radius 3 is 2.73 bits per heavy atom. The first-order valence-corrected chi connectivity index (χ1v) is 5.56. The highest BCUT2D eigenvalue weighted by atomic mass is 16.6.